The van der Waals surface area contributed by atoms with Crippen LogP contribution in [0.1, 0.15) is 5.82 Å². The monoisotopic (exact) mass is 235 g/mol. The molecule has 0 bridgehead atoms. The predicted molar refractivity (Wildman–Crippen MR) is 58.2 cm³/mol. The molecular weight excluding hydrogens is 226 g/mol. The molecule has 6 heteroatoms. The fraction of sp³-hybridized carbons (Fsp3) is 0.300. The van der Waals surface area contributed by atoms with Crippen molar-refractivity contribution in [1.29, 1.82) is 0 Å². The van der Waals surface area contributed by atoms with Crippen LogP contribution in [0.4, 0.5) is 0 Å². The first kappa shape index (κ1) is 9.53. The van der Waals surface area contributed by atoms with E-state index in [0.29, 0.717) is 13.0 Å². The van der Waals surface area contributed by atoms with Crippen LogP contribution in [0.15, 0.2) is 17.9 Å². The minimum Gasteiger partial charge on any atom is -0.481 e. The molecule has 0 saturated heterocycles. The Morgan fingerprint density at radius 1 is 1.62 bits per heavy atom. The van der Waals surface area contributed by atoms with E-state index in [0.717, 1.165) is 16.4 Å². The number of carboxylic acid groups (broad SMARTS) is 1. The second kappa shape index (κ2) is 3.41. The Kier molecular flexibility index (Phi) is 2.03. The van der Waals surface area contributed by atoms with Crippen LogP contribution < -0.4 is 0 Å². The summed E-state index contributed by atoms with van der Waals surface area (Å²) in [6.45, 7) is 0.524. The van der Waals surface area contributed by atoms with Gasteiger partial charge in [-0.1, -0.05) is 0 Å². The Hall–Kier alpha value is -1.69. The number of carboxylic acids is 1. The second-order valence-corrected chi connectivity index (χ2v) is 4.69. The third-order valence-electron chi connectivity index (χ3n) is 2.74. The number of fused-ring (bicyclic) bond motifs is 1. The number of nitrogens with zero attached hydrogens (tertiary/aromatic N) is 3. The molecule has 0 aromatic carbocycles. The van der Waals surface area contributed by atoms with Gasteiger partial charge in [0, 0.05) is 25.4 Å². The van der Waals surface area contributed by atoms with Gasteiger partial charge < -0.3 is 9.67 Å². The third-order valence-corrected chi connectivity index (χ3v) is 3.53. The lowest BCUT2D eigenvalue weighted by Gasteiger charge is -2.00. The molecule has 0 radical (unpaired) electrons. The molecule has 1 aliphatic rings. The van der Waals surface area contributed by atoms with Crippen LogP contribution in [0.25, 0.3) is 10.6 Å². The van der Waals surface area contributed by atoms with E-state index in [4.69, 9.17) is 5.11 Å². The zero-order chi connectivity index (χ0) is 11.1. The van der Waals surface area contributed by atoms with Crippen molar-refractivity contribution in [2.45, 2.75) is 13.0 Å². The fourth-order valence-electron chi connectivity index (χ4n) is 1.92. The number of rotatable bonds is 2. The number of hydrogen-bond acceptors (Lipinski definition) is 4. The van der Waals surface area contributed by atoms with Crippen molar-refractivity contribution in [2.75, 3.05) is 0 Å². The fourth-order valence-corrected chi connectivity index (χ4v) is 2.50. The van der Waals surface area contributed by atoms with Gasteiger partial charge in [-0.3, -0.25) is 9.78 Å². The summed E-state index contributed by atoms with van der Waals surface area (Å²) in [4.78, 5) is 20.3. The Morgan fingerprint density at radius 2 is 2.50 bits per heavy atom. The van der Waals surface area contributed by atoms with Gasteiger partial charge in [-0.25, -0.2) is 4.98 Å². The van der Waals surface area contributed by atoms with Crippen LogP contribution in [0, 0.1) is 5.92 Å². The summed E-state index contributed by atoms with van der Waals surface area (Å²) >= 11 is 1.54. The number of carbonyl (C=O) groups is 1. The predicted octanol–water partition coefficient (Wildman–Crippen LogP) is 1.26. The van der Waals surface area contributed by atoms with Crippen molar-refractivity contribution in [3.05, 3.63) is 23.7 Å². The number of aromatic nitrogens is 3. The zero-order valence-corrected chi connectivity index (χ0v) is 9.15. The Bertz CT molecular complexity index is 509. The molecule has 1 atom stereocenters. The topological polar surface area (TPSA) is 68.0 Å². The van der Waals surface area contributed by atoms with Crippen LogP contribution in [-0.4, -0.2) is 25.6 Å². The summed E-state index contributed by atoms with van der Waals surface area (Å²) in [6, 6.07) is 0. The van der Waals surface area contributed by atoms with Crippen LogP contribution in [0.2, 0.25) is 0 Å². The summed E-state index contributed by atoms with van der Waals surface area (Å²) in [5.74, 6) is -0.210. The summed E-state index contributed by atoms with van der Waals surface area (Å²) in [5, 5.41) is 8.91. The number of thiazole rings is 1. The van der Waals surface area contributed by atoms with Gasteiger partial charge in [-0.05, 0) is 0 Å². The second-order valence-electron chi connectivity index (χ2n) is 3.80. The molecular formula is C10H9N3O2S. The number of aliphatic carboxylic acids is 1. The van der Waals surface area contributed by atoms with E-state index in [1.165, 1.54) is 11.3 Å². The van der Waals surface area contributed by atoms with E-state index in [2.05, 4.69) is 9.97 Å². The first-order valence-electron chi connectivity index (χ1n) is 4.92. The SMILES string of the molecule is O=C(O)C1Cc2nc(-c3cncs3)cn2C1. The van der Waals surface area contributed by atoms with Crippen LogP contribution >= 0.6 is 11.3 Å². The standard InChI is InChI=1S/C10H9N3O2S/c14-10(15)6-1-9-12-7(4-13(9)3-6)8-2-11-5-16-8/h2,4-6H,1,3H2,(H,14,15). The van der Waals surface area contributed by atoms with Crippen LogP contribution in [0.3, 0.4) is 0 Å². The maximum absolute atomic E-state index is 10.8. The van der Waals surface area contributed by atoms with Gasteiger partial charge in [-0.15, -0.1) is 11.3 Å². The minimum atomic E-state index is -0.746. The highest BCUT2D eigenvalue weighted by Crippen LogP contribution is 2.27. The largest absolute Gasteiger partial charge is 0.481 e. The average Bonchev–Trinajstić information content (AvgIpc) is 2.91. The van der Waals surface area contributed by atoms with Gasteiger partial charge in [0.2, 0.25) is 0 Å². The van der Waals surface area contributed by atoms with Gasteiger partial charge in [0.25, 0.3) is 0 Å². The van der Waals surface area contributed by atoms with Gasteiger partial charge >= 0.3 is 5.97 Å². The highest BCUT2D eigenvalue weighted by atomic mass is 32.1. The molecule has 82 valence electrons. The Balaban J connectivity index is 1.90. The summed E-state index contributed by atoms with van der Waals surface area (Å²) in [6.07, 6.45) is 4.21. The summed E-state index contributed by atoms with van der Waals surface area (Å²) in [7, 11) is 0. The van der Waals surface area contributed by atoms with Gasteiger partial charge in [0.05, 0.1) is 16.3 Å². The minimum absolute atomic E-state index is 0.321. The average molecular weight is 235 g/mol. The molecule has 1 N–H and O–H groups in total. The molecule has 0 spiro atoms. The lowest BCUT2D eigenvalue weighted by Crippen LogP contribution is -2.14. The molecule has 16 heavy (non-hydrogen) atoms. The number of hydrogen-bond donors (Lipinski definition) is 1. The van der Waals surface area contributed by atoms with Crippen molar-refractivity contribution in [3.63, 3.8) is 0 Å². The highest BCUT2D eigenvalue weighted by molar-refractivity contribution is 7.13. The van der Waals surface area contributed by atoms with Gasteiger partial charge in [-0.2, -0.15) is 0 Å². The Morgan fingerprint density at radius 3 is 3.12 bits per heavy atom. The van der Waals surface area contributed by atoms with E-state index < -0.39 is 5.97 Å². The third kappa shape index (κ3) is 1.42. The maximum atomic E-state index is 10.8. The van der Waals surface area contributed by atoms with Crippen molar-refractivity contribution in [1.82, 2.24) is 14.5 Å². The molecule has 1 unspecified atom stereocenters. The van der Waals surface area contributed by atoms with Crippen molar-refractivity contribution < 1.29 is 9.90 Å². The zero-order valence-electron chi connectivity index (χ0n) is 8.33. The van der Waals surface area contributed by atoms with E-state index >= 15 is 0 Å². The molecule has 1 aliphatic heterocycles. The smallest absolute Gasteiger partial charge is 0.308 e. The van der Waals surface area contributed by atoms with E-state index in [-0.39, 0.29) is 5.92 Å². The van der Waals surface area contributed by atoms with Crippen molar-refractivity contribution in [2.24, 2.45) is 5.92 Å². The molecule has 3 rings (SSSR count). The molecule has 0 fully saturated rings. The molecule has 0 saturated carbocycles. The molecule has 3 heterocycles. The van der Waals surface area contributed by atoms with Crippen molar-refractivity contribution >= 4 is 17.3 Å². The quantitative estimate of drug-likeness (QED) is 0.851. The first-order chi connectivity index (χ1) is 7.74. The molecule has 2 aromatic heterocycles. The Labute approximate surface area is 95.4 Å². The molecule has 5 nitrogen and oxygen atoms in total. The summed E-state index contributed by atoms with van der Waals surface area (Å²) < 4.78 is 1.92. The van der Waals surface area contributed by atoms with E-state index in [9.17, 15) is 4.79 Å². The van der Waals surface area contributed by atoms with Gasteiger partial charge in [0.15, 0.2) is 0 Å². The molecule has 2 aromatic rings. The van der Waals surface area contributed by atoms with Crippen molar-refractivity contribution in [3.8, 4) is 10.6 Å². The number of imidazole rings is 1. The van der Waals surface area contributed by atoms with Gasteiger partial charge in [0.1, 0.15) is 11.5 Å². The van der Waals surface area contributed by atoms with Crippen LogP contribution in [0.5, 0.6) is 0 Å². The molecule has 0 amide bonds. The lowest BCUT2D eigenvalue weighted by atomic mass is 10.1. The van der Waals surface area contributed by atoms with E-state index in [1.54, 1.807) is 11.7 Å². The van der Waals surface area contributed by atoms with E-state index in [1.807, 2.05) is 10.8 Å². The maximum Gasteiger partial charge on any atom is 0.308 e. The summed E-state index contributed by atoms with van der Waals surface area (Å²) in [5.41, 5.74) is 2.65. The molecule has 0 aliphatic carbocycles. The lowest BCUT2D eigenvalue weighted by molar-refractivity contribution is -0.141. The highest BCUT2D eigenvalue weighted by Gasteiger charge is 2.28. The van der Waals surface area contributed by atoms with Crippen LogP contribution in [-0.2, 0) is 17.8 Å². The first-order valence-corrected chi connectivity index (χ1v) is 5.79. The normalized spacial score (nSPS) is 18.6.